The van der Waals surface area contributed by atoms with Gasteiger partial charge in [0.05, 0.1) is 19.2 Å². The second-order valence-electron chi connectivity index (χ2n) is 5.16. The van der Waals surface area contributed by atoms with Gasteiger partial charge in [0.2, 0.25) is 5.91 Å². The van der Waals surface area contributed by atoms with E-state index in [-0.39, 0.29) is 18.6 Å². The molecule has 110 valence electrons. The molecule has 0 spiro atoms. The average molecular weight is 277 g/mol. The summed E-state index contributed by atoms with van der Waals surface area (Å²) in [6.45, 7) is 4.03. The monoisotopic (exact) mass is 277 g/mol. The Hall–Kier alpha value is -1.43. The molecule has 1 atom stereocenters. The fourth-order valence-corrected chi connectivity index (χ4v) is 2.41. The fourth-order valence-electron chi connectivity index (χ4n) is 2.41. The van der Waals surface area contributed by atoms with Gasteiger partial charge in [0, 0.05) is 26.2 Å². The normalized spacial score (nSPS) is 17.6. The molecular formula is C15H23N3O2. The summed E-state index contributed by atoms with van der Waals surface area (Å²) in [5.41, 5.74) is 1.12. The lowest BCUT2D eigenvalue weighted by molar-refractivity contribution is -0.123. The van der Waals surface area contributed by atoms with E-state index in [4.69, 9.17) is 0 Å². The predicted octanol–water partition coefficient (Wildman–Crippen LogP) is -0.389. The summed E-state index contributed by atoms with van der Waals surface area (Å²) >= 11 is 0. The van der Waals surface area contributed by atoms with Crippen molar-refractivity contribution in [3.63, 3.8) is 0 Å². The highest BCUT2D eigenvalue weighted by atomic mass is 16.3. The first kappa shape index (κ1) is 15.0. The summed E-state index contributed by atoms with van der Waals surface area (Å²) in [6, 6.07) is 9.68. The lowest BCUT2D eigenvalue weighted by Crippen LogP contribution is -2.49. The van der Waals surface area contributed by atoms with Crippen LogP contribution in [0.5, 0.6) is 0 Å². The van der Waals surface area contributed by atoms with Crippen molar-refractivity contribution in [1.29, 1.82) is 0 Å². The van der Waals surface area contributed by atoms with E-state index in [1.165, 1.54) is 0 Å². The van der Waals surface area contributed by atoms with Gasteiger partial charge in [-0.25, -0.2) is 0 Å². The molecule has 5 heteroatoms. The van der Waals surface area contributed by atoms with Crippen LogP contribution in [-0.4, -0.2) is 61.3 Å². The number of rotatable bonds is 6. The number of aliphatic hydroxyl groups is 1. The van der Waals surface area contributed by atoms with Crippen LogP contribution in [0.1, 0.15) is 5.56 Å². The van der Waals surface area contributed by atoms with Crippen molar-refractivity contribution < 1.29 is 9.90 Å². The number of nitrogens with one attached hydrogen (secondary N) is 2. The van der Waals surface area contributed by atoms with Gasteiger partial charge in [-0.3, -0.25) is 9.69 Å². The maximum absolute atomic E-state index is 12.0. The van der Waals surface area contributed by atoms with Gasteiger partial charge in [-0.2, -0.15) is 0 Å². The number of piperazine rings is 1. The van der Waals surface area contributed by atoms with Crippen LogP contribution in [0.3, 0.4) is 0 Å². The third-order valence-electron chi connectivity index (χ3n) is 3.49. The molecule has 0 aromatic heterocycles. The summed E-state index contributed by atoms with van der Waals surface area (Å²) < 4.78 is 0. The maximum atomic E-state index is 12.0. The Bertz CT molecular complexity index is 405. The van der Waals surface area contributed by atoms with E-state index >= 15 is 0 Å². The van der Waals surface area contributed by atoms with Crippen LogP contribution in [0.25, 0.3) is 0 Å². The molecule has 1 fully saturated rings. The van der Waals surface area contributed by atoms with Crippen molar-refractivity contribution >= 4 is 5.91 Å². The van der Waals surface area contributed by atoms with Crippen LogP contribution >= 0.6 is 0 Å². The average Bonchev–Trinajstić information content (AvgIpc) is 2.48. The minimum atomic E-state index is -0.215. The SMILES string of the molecule is O=C(CN1CCNCC1)N[C@@H](CO)Cc1ccccc1. The molecular weight excluding hydrogens is 254 g/mol. The summed E-state index contributed by atoms with van der Waals surface area (Å²) in [7, 11) is 0. The number of amides is 1. The first-order chi connectivity index (χ1) is 9.78. The van der Waals surface area contributed by atoms with Crippen LogP contribution in [0.4, 0.5) is 0 Å². The molecule has 1 amide bonds. The third kappa shape index (κ3) is 4.92. The van der Waals surface area contributed by atoms with Gasteiger partial charge in [0.15, 0.2) is 0 Å². The van der Waals surface area contributed by atoms with E-state index in [2.05, 4.69) is 15.5 Å². The molecule has 0 radical (unpaired) electrons. The first-order valence-corrected chi connectivity index (χ1v) is 7.15. The predicted molar refractivity (Wildman–Crippen MR) is 78.5 cm³/mol. The van der Waals surface area contributed by atoms with Gasteiger partial charge < -0.3 is 15.7 Å². The van der Waals surface area contributed by atoms with E-state index < -0.39 is 0 Å². The molecule has 5 nitrogen and oxygen atoms in total. The van der Waals surface area contributed by atoms with Crippen molar-refractivity contribution in [2.24, 2.45) is 0 Å². The Morgan fingerprint density at radius 1 is 1.30 bits per heavy atom. The minimum absolute atomic E-state index is 0.0121. The molecule has 1 aromatic carbocycles. The topological polar surface area (TPSA) is 64.6 Å². The molecule has 0 bridgehead atoms. The van der Waals surface area contributed by atoms with Crippen molar-refractivity contribution in [2.45, 2.75) is 12.5 Å². The van der Waals surface area contributed by atoms with Gasteiger partial charge >= 0.3 is 0 Å². The van der Waals surface area contributed by atoms with Crippen molar-refractivity contribution in [2.75, 3.05) is 39.3 Å². The second kappa shape index (κ2) is 7.99. The van der Waals surface area contributed by atoms with Crippen LogP contribution < -0.4 is 10.6 Å². The first-order valence-electron chi connectivity index (χ1n) is 7.15. The number of hydrogen-bond acceptors (Lipinski definition) is 4. The van der Waals surface area contributed by atoms with E-state index in [0.717, 1.165) is 31.7 Å². The molecule has 0 unspecified atom stereocenters. The van der Waals surface area contributed by atoms with E-state index in [1.54, 1.807) is 0 Å². The molecule has 1 aliphatic rings. The van der Waals surface area contributed by atoms with E-state index in [9.17, 15) is 9.90 Å². The largest absolute Gasteiger partial charge is 0.394 e. The van der Waals surface area contributed by atoms with Gasteiger partial charge in [0.25, 0.3) is 0 Å². The number of nitrogens with zero attached hydrogens (tertiary/aromatic N) is 1. The molecule has 0 saturated carbocycles. The lowest BCUT2D eigenvalue weighted by Gasteiger charge is -2.27. The molecule has 2 rings (SSSR count). The van der Waals surface area contributed by atoms with E-state index in [0.29, 0.717) is 13.0 Å². The van der Waals surface area contributed by atoms with Gasteiger partial charge in [0.1, 0.15) is 0 Å². The van der Waals surface area contributed by atoms with E-state index in [1.807, 2.05) is 30.3 Å². The van der Waals surface area contributed by atoms with Crippen molar-refractivity contribution in [1.82, 2.24) is 15.5 Å². The zero-order valence-corrected chi connectivity index (χ0v) is 11.7. The van der Waals surface area contributed by atoms with Gasteiger partial charge in [-0.15, -0.1) is 0 Å². The molecule has 1 aromatic rings. The number of carbonyl (C=O) groups excluding carboxylic acids is 1. The maximum Gasteiger partial charge on any atom is 0.234 e. The van der Waals surface area contributed by atoms with Crippen molar-refractivity contribution in [3.05, 3.63) is 35.9 Å². The fraction of sp³-hybridized carbons (Fsp3) is 0.533. The highest BCUT2D eigenvalue weighted by molar-refractivity contribution is 5.78. The molecule has 20 heavy (non-hydrogen) atoms. The Morgan fingerprint density at radius 2 is 2.00 bits per heavy atom. The molecule has 1 saturated heterocycles. The highest BCUT2D eigenvalue weighted by Crippen LogP contribution is 2.03. The van der Waals surface area contributed by atoms with Crippen molar-refractivity contribution in [3.8, 4) is 0 Å². The molecule has 1 heterocycles. The summed E-state index contributed by atoms with van der Waals surface area (Å²) in [5, 5.41) is 15.6. The standard InChI is InChI=1S/C15H23N3O2/c19-12-14(10-13-4-2-1-3-5-13)17-15(20)11-18-8-6-16-7-9-18/h1-5,14,16,19H,6-12H2,(H,17,20)/t14-/m1/s1. The Kier molecular flexibility index (Phi) is 5.98. The zero-order chi connectivity index (χ0) is 14.2. The number of aliphatic hydroxyl groups excluding tert-OH is 1. The van der Waals surface area contributed by atoms with Crippen LogP contribution in [0, 0.1) is 0 Å². The second-order valence-corrected chi connectivity index (χ2v) is 5.16. The molecule has 0 aliphatic carbocycles. The smallest absolute Gasteiger partial charge is 0.234 e. The number of hydrogen-bond donors (Lipinski definition) is 3. The number of benzene rings is 1. The molecule has 1 aliphatic heterocycles. The zero-order valence-electron chi connectivity index (χ0n) is 11.7. The Balaban J connectivity index is 1.78. The number of carbonyl (C=O) groups is 1. The summed E-state index contributed by atoms with van der Waals surface area (Å²) in [5.74, 6) is -0.0121. The lowest BCUT2D eigenvalue weighted by atomic mass is 10.1. The Labute approximate surface area is 120 Å². The highest BCUT2D eigenvalue weighted by Gasteiger charge is 2.16. The van der Waals surface area contributed by atoms with Crippen LogP contribution in [-0.2, 0) is 11.2 Å². The minimum Gasteiger partial charge on any atom is -0.394 e. The Morgan fingerprint density at radius 3 is 2.65 bits per heavy atom. The van der Waals surface area contributed by atoms with Gasteiger partial charge in [-0.1, -0.05) is 30.3 Å². The van der Waals surface area contributed by atoms with Crippen LogP contribution in [0.2, 0.25) is 0 Å². The van der Waals surface area contributed by atoms with Crippen LogP contribution in [0.15, 0.2) is 30.3 Å². The quantitative estimate of drug-likeness (QED) is 0.663. The third-order valence-corrected chi connectivity index (χ3v) is 3.49. The summed E-state index contributed by atoms with van der Waals surface area (Å²) in [6.07, 6.45) is 0.657. The summed E-state index contributed by atoms with van der Waals surface area (Å²) in [4.78, 5) is 14.1. The van der Waals surface area contributed by atoms with Gasteiger partial charge in [-0.05, 0) is 12.0 Å². The molecule has 3 N–H and O–H groups in total.